The first-order valence-corrected chi connectivity index (χ1v) is 8.28. The monoisotopic (exact) mass is 353 g/mol. The molecule has 0 spiro atoms. The van der Waals surface area contributed by atoms with Gasteiger partial charge in [0, 0.05) is 6.08 Å². The first-order chi connectivity index (χ1) is 12.7. The molecule has 26 heavy (non-hydrogen) atoms. The number of para-hydroxylation sites is 1. The topological polar surface area (TPSA) is 56.8 Å². The third-order valence-electron chi connectivity index (χ3n) is 3.38. The number of ether oxygens (including phenoxy) is 3. The van der Waals surface area contributed by atoms with E-state index in [0.29, 0.717) is 31.3 Å². The minimum atomic E-state index is -0.187. The molecule has 136 valence electrons. The maximum atomic E-state index is 11.9. The highest BCUT2D eigenvalue weighted by Crippen LogP contribution is 2.28. The fourth-order valence-corrected chi connectivity index (χ4v) is 2.15. The third-order valence-corrected chi connectivity index (χ3v) is 3.38. The van der Waals surface area contributed by atoms with Gasteiger partial charge < -0.3 is 19.5 Å². The van der Waals surface area contributed by atoms with Gasteiger partial charge in [0.25, 0.3) is 0 Å². The lowest BCUT2D eigenvalue weighted by atomic mass is 10.2. The van der Waals surface area contributed by atoms with Crippen molar-refractivity contribution in [3.8, 4) is 17.2 Å². The minimum absolute atomic E-state index is 0.187. The number of carbonyl (C=O) groups is 1. The number of hydrogen-bond acceptors (Lipinski definition) is 4. The van der Waals surface area contributed by atoms with Gasteiger partial charge in [0.1, 0.15) is 19.0 Å². The third kappa shape index (κ3) is 6.36. The van der Waals surface area contributed by atoms with Crippen molar-refractivity contribution in [2.75, 3.05) is 26.9 Å². The van der Waals surface area contributed by atoms with Crippen LogP contribution in [0, 0.1) is 0 Å². The largest absolute Gasteiger partial charge is 0.493 e. The molecule has 2 aromatic rings. The normalized spacial score (nSPS) is 10.3. The van der Waals surface area contributed by atoms with Gasteiger partial charge in [-0.25, -0.2) is 0 Å². The van der Waals surface area contributed by atoms with Crippen LogP contribution in [-0.2, 0) is 4.79 Å². The van der Waals surface area contributed by atoms with Gasteiger partial charge in [-0.15, -0.1) is 0 Å². The van der Waals surface area contributed by atoms with Gasteiger partial charge in [-0.05, 0) is 35.9 Å². The van der Waals surface area contributed by atoms with Crippen molar-refractivity contribution in [2.24, 2.45) is 0 Å². The maximum absolute atomic E-state index is 11.9. The van der Waals surface area contributed by atoms with Gasteiger partial charge in [-0.1, -0.05) is 36.9 Å². The maximum Gasteiger partial charge on any atom is 0.244 e. The number of methoxy groups -OCH3 is 1. The second-order valence-corrected chi connectivity index (χ2v) is 5.30. The molecule has 0 aliphatic carbocycles. The Morgan fingerprint density at radius 3 is 2.65 bits per heavy atom. The molecule has 0 fully saturated rings. The standard InChI is InChI=1S/C21H23NO4/c1-3-14-26-19-11-9-17(16-20(19)24-2)10-12-21(23)22-13-15-25-18-7-5-4-6-8-18/h3-12,16H,1,13-15H2,2H3,(H,22,23)/b12-10+. The van der Waals surface area contributed by atoms with Crippen LogP contribution in [0.2, 0.25) is 0 Å². The van der Waals surface area contributed by atoms with Crippen LogP contribution in [-0.4, -0.2) is 32.8 Å². The number of carbonyl (C=O) groups excluding carboxylic acids is 1. The van der Waals surface area contributed by atoms with Crippen LogP contribution in [0.4, 0.5) is 0 Å². The SMILES string of the molecule is C=CCOc1ccc(/C=C/C(=O)NCCOc2ccccc2)cc1OC. The van der Waals surface area contributed by atoms with E-state index in [4.69, 9.17) is 14.2 Å². The first kappa shape index (κ1) is 19.1. The van der Waals surface area contributed by atoms with Crippen LogP contribution in [0.1, 0.15) is 5.56 Å². The molecule has 0 unspecified atom stereocenters. The van der Waals surface area contributed by atoms with Crippen molar-refractivity contribution < 1.29 is 19.0 Å². The Bertz CT molecular complexity index is 741. The summed E-state index contributed by atoms with van der Waals surface area (Å²) >= 11 is 0. The molecule has 2 aromatic carbocycles. The lowest BCUT2D eigenvalue weighted by Gasteiger charge is -2.09. The molecule has 5 heteroatoms. The number of hydrogen-bond donors (Lipinski definition) is 1. The zero-order valence-electron chi connectivity index (χ0n) is 14.8. The molecular weight excluding hydrogens is 330 g/mol. The molecule has 0 saturated carbocycles. The van der Waals surface area contributed by atoms with Gasteiger partial charge in [-0.3, -0.25) is 4.79 Å². The predicted octanol–water partition coefficient (Wildman–Crippen LogP) is 3.47. The zero-order chi connectivity index (χ0) is 18.6. The van der Waals surface area contributed by atoms with E-state index in [2.05, 4.69) is 11.9 Å². The highest BCUT2D eigenvalue weighted by atomic mass is 16.5. The zero-order valence-corrected chi connectivity index (χ0v) is 14.8. The summed E-state index contributed by atoms with van der Waals surface area (Å²) in [7, 11) is 1.57. The molecule has 0 aromatic heterocycles. The van der Waals surface area contributed by atoms with E-state index in [-0.39, 0.29) is 5.91 Å². The summed E-state index contributed by atoms with van der Waals surface area (Å²) in [5, 5.41) is 2.77. The summed E-state index contributed by atoms with van der Waals surface area (Å²) in [5.41, 5.74) is 0.837. The molecular formula is C21H23NO4. The van der Waals surface area contributed by atoms with E-state index in [0.717, 1.165) is 11.3 Å². The summed E-state index contributed by atoms with van der Waals surface area (Å²) in [6.07, 6.45) is 4.86. The van der Waals surface area contributed by atoms with Crippen molar-refractivity contribution in [1.82, 2.24) is 5.32 Å². The Hall–Kier alpha value is -3.21. The number of amides is 1. The minimum Gasteiger partial charge on any atom is -0.493 e. The Labute approximate surface area is 153 Å². The summed E-state index contributed by atoms with van der Waals surface area (Å²) in [6, 6.07) is 14.9. The predicted molar refractivity (Wildman–Crippen MR) is 103 cm³/mol. The molecule has 5 nitrogen and oxygen atoms in total. The van der Waals surface area contributed by atoms with Crippen molar-refractivity contribution in [2.45, 2.75) is 0 Å². The fraction of sp³-hybridized carbons (Fsp3) is 0.190. The first-order valence-electron chi connectivity index (χ1n) is 8.28. The molecule has 0 saturated heterocycles. The number of rotatable bonds is 10. The van der Waals surface area contributed by atoms with Crippen LogP contribution < -0.4 is 19.5 Å². The highest BCUT2D eigenvalue weighted by Gasteiger charge is 2.04. The molecule has 0 aliphatic heterocycles. The average Bonchev–Trinajstić information content (AvgIpc) is 2.69. The van der Waals surface area contributed by atoms with Gasteiger partial charge in [0.05, 0.1) is 13.7 Å². The highest BCUT2D eigenvalue weighted by molar-refractivity contribution is 5.91. The van der Waals surface area contributed by atoms with Gasteiger partial charge in [0.2, 0.25) is 5.91 Å². The quantitative estimate of drug-likeness (QED) is 0.404. The van der Waals surface area contributed by atoms with E-state index in [1.165, 1.54) is 6.08 Å². The van der Waals surface area contributed by atoms with E-state index in [1.54, 1.807) is 31.4 Å². The van der Waals surface area contributed by atoms with E-state index in [1.807, 2.05) is 36.4 Å². The Morgan fingerprint density at radius 1 is 1.12 bits per heavy atom. The Morgan fingerprint density at radius 2 is 1.92 bits per heavy atom. The van der Waals surface area contributed by atoms with Gasteiger partial charge in [0.15, 0.2) is 11.5 Å². The van der Waals surface area contributed by atoms with Crippen LogP contribution in [0.15, 0.2) is 67.3 Å². The van der Waals surface area contributed by atoms with Crippen LogP contribution >= 0.6 is 0 Å². The lowest BCUT2D eigenvalue weighted by molar-refractivity contribution is -0.116. The summed E-state index contributed by atoms with van der Waals surface area (Å²) < 4.78 is 16.3. The summed E-state index contributed by atoms with van der Waals surface area (Å²) in [4.78, 5) is 11.9. The van der Waals surface area contributed by atoms with Crippen molar-refractivity contribution in [1.29, 1.82) is 0 Å². The molecule has 0 aliphatic rings. The fourth-order valence-electron chi connectivity index (χ4n) is 2.15. The van der Waals surface area contributed by atoms with Crippen molar-refractivity contribution in [3.05, 3.63) is 72.8 Å². The average molecular weight is 353 g/mol. The molecule has 0 atom stereocenters. The summed E-state index contributed by atoms with van der Waals surface area (Å²) in [5.74, 6) is 1.83. The van der Waals surface area contributed by atoms with Gasteiger partial charge in [-0.2, -0.15) is 0 Å². The van der Waals surface area contributed by atoms with Crippen LogP contribution in [0.25, 0.3) is 6.08 Å². The van der Waals surface area contributed by atoms with E-state index < -0.39 is 0 Å². The van der Waals surface area contributed by atoms with Crippen LogP contribution in [0.3, 0.4) is 0 Å². The molecule has 1 N–H and O–H groups in total. The molecule has 2 rings (SSSR count). The van der Waals surface area contributed by atoms with Crippen LogP contribution in [0.5, 0.6) is 17.2 Å². The summed E-state index contributed by atoms with van der Waals surface area (Å²) in [6.45, 7) is 4.85. The van der Waals surface area contributed by atoms with E-state index >= 15 is 0 Å². The second-order valence-electron chi connectivity index (χ2n) is 5.30. The number of benzene rings is 2. The molecule has 0 heterocycles. The molecule has 0 bridgehead atoms. The molecule has 1 amide bonds. The van der Waals surface area contributed by atoms with Gasteiger partial charge >= 0.3 is 0 Å². The Balaban J connectivity index is 1.80. The van der Waals surface area contributed by atoms with Crippen molar-refractivity contribution >= 4 is 12.0 Å². The van der Waals surface area contributed by atoms with Crippen molar-refractivity contribution in [3.63, 3.8) is 0 Å². The molecule has 0 radical (unpaired) electrons. The second kappa shape index (κ2) is 10.6. The van der Waals surface area contributed by atoms with E-state index in [9.17, 15) is 4.79 Å². The lowest BCUT2D eigenvalue weighted by Crippen LogP contribution is -2.26. The smallest absolute Gasteiger partial charge is 0.244 e. The Kier molecular flexibility index (Phi) is 7.80. The number of nitrogens with one attached hydrogen (secondary N) is 1.